The van der Waals surface area contributed by atoms with Crippen LogP contribution in [0, 0.1) is 5.92 Å². The lowest BCUT2D eigenvalue weighted by atomic mass is 9.92. The largest absolute Gasteiger partial charge is 0.478 e. The minimum atomic E-state index is -1.04. The van der Waals surface area contributed by atoms with Gasteiger partial charge in [-0.05, 0) is 23.6 Å². The number of aromatic nitrogens is 1. The number of carboxylic acids is 1. The lowest BCUT2D eigenvalue weighted by Crippen LogP contribution is -2.46. The highest BCUT2D eigenvalue weighted by Crippen LogP contribution is 2.29. The second-order valence-corrected chi connectivity index (χ2v) is 4.60. The first kappa shape index (κ1) is 13.1. The molecule has 0 spiro atoms. The Labute approximate surface area is 110 Å². The van der Waals surface area contributed by atoms with Crippen molar-refractivity contribution in [3.63, 3.8) is 0 Å². The monoisotopic (exact) mass is 261 g/mol. The molecule has 1 aromatic heterocycles. The van der Waals surface area contributed by atoms with Crippen LogP contribution in [0.5, 0.6) is 0 Å². The Kier molecular flexibility index (Phi) is 3.50. The van der Waals surface area contributed by atoms with E-state index in [2.05, 4.69) is 15.6 Å². The van der Waals surface area contributed by atoms with Crippen LogP contribution >= 0.6 is 0 Å². The van der Waals surface area contributed by atoms with Gasteiger partial charge in [0.2, 0.25) is 0 Å². The fourth-order valence-electron chi connectivity index (χ4n) is 2.08. The van der Waals surface area contributed by atoms with Gasteiger partial charge in [-0.3, -0.25) is 4.98 Å². The van der Waals surface area contributed by atoms with E-state index in [0.29, 0.717) is 11.3 Å². The standard InChI is InChI=1S/C13H15N3O3/c1-7(2)10-9(12(17)18)11(16-13(19)15-10)8-3-5-14-6-4-8/h3-7,11H,1-2H3,(H,17,18)(H2,15,16,19). The number of carbonyl (C=O) groups excluding carboxylic acids is 1. The number of aliphatic carboxylic acids is 1. The number of rotatable bonds is 3. The molecule has 1 unspecified atom stereocenters. The third-order valence-electron chi connectivity index (χ3n) is 2.95. The predicted octanol–water partition coefficient (Wildman–Crippen LogP) is 1.43. The topological polar surface area (TPSA) is 91.3 Å². The van der Waals surface area contributed by atoms with E-state index in [0.717, 1.165) is 0 Å². The second-order valence-electron chi connectivity index (χ2n) is 4.60. The molecule has 0 saturated carbocycles. The smallest absolute Gasteiger partial charge is 0.335 e. The number of nitrogens with one attached hydrogen (secondary N) is 2. The Balaban J connectivity index is 2.54. The third kappa shape index (κ3) is 2.57. The van der Waals surface area contributed by atoms with E-state index in [1.54, 1.807) is 24.5 Å². The Hall–Kier alpha value is -2.37. The molecular formula is C13H15N3O3. The van der Waals surface area contributed by atoms with Crippen molar-refractivity contribution in [2.45, 2.75) is 19.9 Å². The summed E-state index contributed by atoms with van der Waals surface area (Å²) in [5.74, 6) is -1.13. The van der Waals surface area contributed by atoms with Crippen molar-refractivity contribution < 1.29 is 14.7 Å². The zero-order chi connectivity index (χ0) is 14.0. The van der Waals surface area contributed by atoms with Gasteiger partial charge < -0.3 is 15.7 Å². The number of urea groups is 1. The van der Waals surface area contributed by atoms with Gasteiger partial charge >= 0.3 is 12.0 Å². The van der Waals surface area contributed by atoms with Gasteiger partial charge in [0.1, 0.15) is 0 Å². The Morgan fingerprint density at radius 1 is 1.37 bits per heavy atom. The molecule has 1 aromatic rings. The zero-order valence-corrected chi connectivity index (χ0v) is 10.7. The third-order valence-corrected chi connectivity index (χ3v) is 2.95. The molecule has 2 heterocycles. The van der Waals surface area contributed by atoms with Crippen LogP contribution in [-0.2, 0) is 4.79 Å². The number of allylic oxidation sites excluding steroid dienone is 1. The molecule has 2 rings (SSSR count). The zero-order valence-electron chi connectivity index (χ0n) is 10.7. The SMILES string of the molecule is CC(C)C1=C(C(=O)O)C(c2ccncc2)NC(=O)N1. The van der Waals surface area contributed by atoms with Gasteiger partial charge in [-0.15, -0.1) is 0 Å². The van der Waals surface area contributed by atoms with Crippen LogP contribution < -0.4 is 10.6 Å². The molecule has 0 radical (unpaired) electrons. The predicted molar refractivity (Wildman–Crippen MR) is 68.1 cm³/mol. The lowest BCUT2D eigenvalue weighted by molar-refractivity contribution is -0.133. The Morgan fingerprint density at radius 2 is 2.00 bits per heavy atom. The minimum absolute atomic E-state index is 0.0820. The molecule has 19 heavy (non-hydrogen) atoms. The molecule has 1 atom stereocenters. The van der Waals surface area contributed by atoms with Crippen molar-refractivity contribution in [2.24, 2.45) is 5.92 Å². The average Bonchev–Trinajstić information content (AvgIpc) is 2.38. The van der Waals surface area contributed by atoms with Crippen molar-refractivity contribution in [2.75, 3.05) is 0 Å². The fourth-order valence-corrected chi connectivity index (χ4v) is 2.08. The number of hydrogen-bond acceptors (Lipinski definition) is 3. The van der Waals surface area contributed by atoms with Gasteiger partial charge in [-0.25, -0.2) is 9.59 Å². The average molecular weight is 261 g/mol. The van der Waals surface area contributed by atoms with E-state index in [1.165, 1.54) is 0 Å². The summed E-state index contributed by atoms with van der Waals surface area (Å²) in [6, 6.07) is 2.33. The van der Waals surface area contributed by atoms with E-state index in [9.17, 15) is 14.7 Å². The first-order valence-corrected chi connectivity index (χ1v) is 5.95. The molecule has 0 fully saturated rings. The summed E-state index contributed by atoms with van der Waals surface area (Å²) in [5, 5.41) is 14.6. The molecule has 0 saturated heterocycles. The van der Waals surface area contributed by atoms with Gasteiger partial charge in [-0.2, -0.15) is 0 Å². The summed E-state index contributed by atoms with van der Waals surface area (Å²) in [4.78, 5) is 27.1. The Morgan fingerprint density at radius 3 is 2.53 bits per heavy atom. The summed E-state index contributed by atoms with van der Waals surface area (Å²) in [6.45, 7) is 3.68. The molecular weight excluding hydrogens is 246 g/mol. The van der Waals surface area contributed by atoms with E-state index >= 15 is 0 Å². The van der Waals surface area contributed by atoms with Crippen LogP contribution in [-0.4, -0.2) is 22.1 Å². The number of pyridine rings is 1. The number of carbonyl (C=O) groups is 2. The maximum Gasteiger partial charge on any atom is 0.335 e. The van der Waals surface area contributed by atoms with E-state index < -0.39 is 18.0 Å². The molecule has 1 aliphatic heterocycles. The van der Waals surface area contributed by atoms with Gasteiger partial charge in [0.25, 0.3) is 0 Å². The number of hydrogen-bond donors (Lipinski definition) is 3. The molecule has 0 aliphatic carbocycles. The van der Waals surface area contributed by atoms with Crippen molar-refractivity contribution in [3.8, 4) is 0 Å². The first-order chi connectivity index (χ1) is 9.00. The van der Waals surface area contributed by atoms with E-state index in [-0.39, 0.29) is 11.5 Å². The molecule has 0 bridgehead atoms. The van der Waals surface area contributed by atoms with E-state index in [1.807, 2.05) is 13.8 Å². The highest BCUT2D eigenvalue weighted by Gasteiger charge is 2.33. The van der Waals surface area contributed by atoms with Gasteiger partial charge in [0, 0.05) is 18.1 Å². The fraction of sp³-hybridized carbons (Fsp3) is 0.308. The van der Waals surface area contributed by atoms with Gasteiger partial charge in [-0.1, -0.05) is 13.8 Å². The number of carboxylic acid groups (broad SMARTS) is 1. The molecule has 2 amide bonds. The maximum absolute atomic E-state index is 11.7. The quantitative estimate of drug-likeness (QED) is 0.767. The highest BCUT2D eigenvalue weighted by atomic mass is 16.4. The second kappa shape index (κ2) is 5.09. The summed E-state index contributed by atoms with van der Waals surface area (Å²) < 4.78 is 0. The summed E-state index contributed by atoms with van der Waals surface area (Å²) in [6.07, 6.45) is 3.14. The first-order valence-electron chi connectivity index (χ1n) is 5.95. The molecule has 3 N–H and O–H groups in total. The molecule has 1 aliphatic rings. The lowest BCUT2D eigenvalue weighted by Gasteiger charge is -2.29. The van der Waals surface area contributed by atoms with E-state index in [4.69, 9.17) is 0 Å². The molecule has 6 nitrogen and oxygen atoms in total. The van der Waals surface area contributed by atoms with Gasteiger partial charge in [0.15, 0.2) is 0 Å². The van der Waals surface area contributed by atoms with Crippen LogP contribution in [0.25, 0.3) is 0 Å². The molecule has 100 valence electrons. The summed E-state index contributed by atoms with van der Waals surface area (Å²) in [5.41, 5.74) is 1.30. The van der Waals surface area contributed by atoms with Crippen LogP contribution in [0.1, 0.15) is 25.5 Å². The summed E-state index contributed by atoms with van der Waals surface area (Å²) in [7, 11) is 0. The van der Waals surface area contributed by atoms with Crippen LogP contribution in [0.15, 0.2) is 35.8 Å². The van der Waals surface area contributed by atoms with Crippen molar-refractivity contribution in [1.82, 2.24) is 15.6 Å². The van der Waals surface area contributed by atoms with Crippen LogP contribution in [0.4, 0.5) is 4.79 Å². The highest BCUT2D eigenvalue weighted by molar-refractivity contribution is 5.93. The summed E-state index contributed by atoms with van der Waals surface area (Å²) >= 11 is 0. The Bertz CT molecular complexity index is 537. The number of amides is 2. The van der Waals surface area contributed by atoms with Crippen LogP contribution in [0.2, 0.25) is 0 Å². The molecule has 6 heteroatoms. The van der Waals surface area contributed by atoms with Crippen molar-refractivity contribution in [3.05, 3.63) is 41.4 Å². The van der Waals surface area contributed by atoms with Crippen LogP contribution in [0.3, 0.4) is 0 Å². The number of nitrogens with zero attached hydrogens (tertiary/aromatic N) is 1. The maximum atomic E-state index is 11.7. The van der Waals surface area contributed by atoms with Gasteiger partial charge in [0.05, 0.1) is 11.6 Å². The normalized spacial score (nSPS) is 19.1. The molecule has 0 aromatic carbocycles. The minimum Gasteiger partial charge on any atom is -0.478 e. The van der Waals surface area contributed by atoms with Crippen molar-refractivity contribution in [1.29, 1.82) is 0 Å². The van der Waals surface area contributed by atoms with Crippen molar-refractivity contribution >= 4 is 12.0 Å².